The molecule has 1 aliphatic rings. The van der Waals surface area contributed by atoms with Crippen molar-refractivity contribution in [1.29, 1.82) is 0 Å². The lowest BCUT2D eigenvalue weighted by molar-refractivity contribution is -0.00805. The molecule has 0 radical (unpaired) electrons. The molecule has 1 N–H and O–H groups in total. The lowest BCUT2D eigenvalue weighted by Gasteiger charge is -2.34. The highest BCUT2D eigenvalue weighted by Crippen LogP contribution is 2.25. The fraction of sp³-hybridized carbons (Fsp3) is 0.545. The van der Waals surface area contributed by atoms with Gasteiger partial charge in [0.15, 0.2) is 5.96 Å². The Bertz CT molecular complexity index is 808. The predicted octanol–water partition coefficient (Wildman–Crippen LogP) is 3.58. The second-order valence-corrected chi connectivity index (χ2v) is 7.53. The Hall–Kier alpha value is -1.81. The van der Waals surface area contributed by atoms with E-state index in [0.29, 0.717) is 25.7 Å². The molecule has 1 aliphatic heterocycles. The van der Waals surface area contributed by atoms with Crippen molar-refractivity contribution in [2.75, 3.05) is 39.4 Å². The van der Waals surface area contributed by atoms with Crippen molar-refractivity contribution < 1.29 is 9.47 Å². The fourth-order valence-corrected chi connectivity index (χ4v) is 3.47. The number of aliphatic imine (C=N–C) groups is 1. The van der Waals surface area contributed by atoms with Gasteiger partial charge in [-0.2, -0.15) is 5.10 Å². The zero-order chi connectivity index (χ0) is 20.6. The highest BCUT2D eigenvalue weighted by Gasteiger charge is 2.25. The average molecular weight is 527 g/mol. The number of hydrogen-bond acceptors (Lipinski definition) is 4. The topological polar surface area (TPSA) is 63.9 Å². The van der Waals surface area contributed by atoms with E-state index in [1.807, 2.05) is 36.3 Å². The minimum absolute atomic E-state index is 0. The number of nitrogens with zero attached hydrogens (tertiary/aromatic N) is 4. The molecule has 0 spiro atoms. The van der Waals surface area contributed by atoms with Crippen LogP contribution in [0, 0.1) is 0 Å². The molecule has 1 unspecified atom stereocenters. The smallest absolute Gasteiger partial charge is 0.194 e. The predicted molar refractivity (Wildman–Crippen MR) is 131 cm³/mol. The number of aromatic nitrogens is 2. The van der Waals surface area contributed by atoms with Crippen molar-refractivity contribution in [3.63, 3.8) is 0 Å². The van der Waals surface area contributed by atoms with Crippen LogP contribution in [0.5, 0.6) is 5.75 Å². The van der Waals surface area contributed by atoms with Gasteiger partial charge in [0.05, 0.1) is 25.9 Å². The minimum atomic E-state index is 0. The van der Waals surface area contributed by atoms with Gasteiger partial charge in [0.25, 0.3) is 0 Å². The maximum Gasteiger partial charge on any atom is 0.194 e. The van der Waals surface area contributed by atoms with Crippen molar-refractivity contribution >= 4 is 29.9 Å². The van der Waals surface area contributed by atoms with Crippen LogP contribution in [0.3, 0.4) is 0 Å². The maximum atomic E-state index is 6.02. The van der Waals surface area contributed by atoms with Crippen LogP contribution >= 0.6 is 24.0 Å². The summed E-state index contributed by atoms with van der Waals surface area (Å²) in [4.78, 5) is 7.05. The number of guanidine groups is 1. The summed E-state index contributed by atoms with van der Waals surface area (Å²) >= 11 is 0. The molecule has 7 nitrogen and oxygen atoms in total. The lowest BCUT2D eigenvalue weighted by atomic mass is 10.0. The van der Waals surface area contributed by atoms with Crippen LogP contribution in [0.1, 0.15) is 43.9 Å². The Morgan fingerprint density at radius 1 is 1.37 bits per heavy atom. The van der Waals surface area contributed by atoms with Gasteiger partial charge in [-0.25, -0.2) is 4.99 Å². The van der Waals surface area contributed by atoms with Crippen LogP contribution < -0.4 is 10.1 Å². The molecule has 8 heteroatoms. The van der Waals surface area contributed by atoms with E-state index in [4.69, 9.17) is 14.5 Å². The summed E-state index contributed by atoms with van der Waals surface area (Å²) in [5.41, 5.74) is 2.33. The van der Waals surface area contributed by atoms with E-state index in [2.05, 4.69) is 48.2 Å². The summed E-state index contributed by atoms with van der Waals surface area (Å²) in [6, 6.07) is 8.23. The normalized spacial score (nSPS) is 17.0. The molecule has 0 amide bonds. The third-order valence-corrected chi connectivity index (χ3v) is 4.95. The van der Waals surface area contributed by atoms with Crippen molar-refractivity contribution in [3.05, 3.63) is 47.8 Å². The largest absolute Gasteiger partial charge is 0.491 e. The number of ether oxygens (including phenoxy) is 2. The average Bonchev–Trinajstić information content (AvgIpc) is 3.17. The Labute approximate surface area is 196 Å². The number of morpholine rings is 1. The standard InChI is InChI=1S/C22H33N5O2.HI/c1-5-23-22(24-10-12-28-20-9-7-6-8-19(20)17(2)3)27-11-13-29-21(16-27)18-14-25-26(4)15-18;/h6-9,14-15,17,21H,5,10-13,16H2,1-4H3,(H,23,24);1H. The number of halogens is 1. The zero-order valence-electron chi connectivity index (χ0n) is 18.4. The molecule has 1 saturated heterocycles. The first-order valence-electron chi connectivity index (χ1n) is 10.4. The molecule has 1 atom stereocenters. The maximum absolute atomic E-state index is 6.02. The van der Waals surface area contributed by atoms with Gasteiger partial charge in [0, 0.05) is 31.9 Å². The molecule has 1 aromatic carbocycles. The van der Waals surface area contributed by atoms with Crippen LogP contribution in [-0.4, -0.2) is 60.0 Å². The first-order valence-corrected chi connectivity index (χ1v) is 10.4. The van der Waals surface area contributed by atoms with E-state index < -0.39 is 0 Å². The van der Waals surface area contributed by atoms with Crippen molar-refractivity contribution in [1.82, 2.24) is 20.0 Å². The number of benzene rings is 1. The van der Waals surface area contributed by atoms with E-state index in [1.165, 1.54) is 5.56 Å². The second kappa shape index (κ2) is 12.1. The summed E-state index contributed by atoms with van der Waals surface area (Å²) in [7, 11) is 1.92. The summed E-state index contributed by atoms with van der Waals surface area (Å²) in [6.45, 7) is 10.7. The summed E-state index contributed by atoms with van der Waals surface area (Å²) in [5.74, 6) is 2.29. The fourth-order valence-electron chi connectivity index (χ4n) is 3.47. The van der Waals surface area contributed by atoms with Gasteiger partial charge in [-0.15, -0.1) is 24.0 Å². The molecular weight excluding hydrogens is 493 g/mol. The summed E-state index contributed by atoms with van der Waals surface area (Å²) in [6.07, 6.45) is 3.90. The van der Waals surface area contributed by atoms with Crippen LogP contribution in [0.4, 0.5) is 0 Å². The van der Waals surface area contributed by atoms with Crippen molar-refractivity contribution in [2.24, 2.45) is 12.0 Å². The molecular formula is C22H34IN5O2. The molecule has 166 valence electrons. The van der Waals surface area contributed by atoms with Gasteiger partial charge < -0.3 is 19.7 Å². The number of hydrogen-bond donors (Lipinski definition) is 1. The van der Waals surface area contributed by atoms with Crippen LogP contribution in [0.25, 0.3) is 0 Å². The van der Waals surface area contributed by atoms with Crippen molar-refractivity contribution in [2.45, 2.75) is 32.8 Å². The molecule has 3 rings (SSSR count). The first-order chi connectivity index (χ1) is 14.1. The zero-order valence-corrected chi connectivity index (χ0v) is 20.7. The Balaban J connectivity index is 0.00000320. The van der Waals surface area contributed by atoms with E-state index in [0.717, 1.165) is 36.9 Å². The molecule has 0 saturated carbocycles. The van der Waals surface area contributed by atoms with E-state index >= 15 is 0 Å². The van der Waals surface area contributed by atoms with Gasteiger partial charge in [0.1, 0.15) is 18.5 Å². The van der Waals surface area contributed by atoms with Gasteiger partial charge in [0.2, 0.25) is 0 Å². The molecule has 2 heterocycles. The first kappa shape index (κ1) is 24.5. The third kappa shape index (κ3) is 6.60. The summed E-state index contributed by atoms with van der Waals surface area (Å²) in [5, 5.41) is 7.66. The minimum Gasteiger partial charge on any atom is -0.491 e. The monoisotopic (exact) mass is 527 g/mol. The number of para-hydroxylation sites is 1. The van der Waals surface area contributed by atoms with Crippen LogP contribution in [-0.2, 0) is 11.8 Å². The third-order valence-electron chi connectivity index (χ3n) is 4.95. The Kier molecular flexibility index (Phi) is 9.90. The molecule has 2 aromatic rings. The number of rotatable bonds is 7. The molecule has 1 fully saturated rings. The molecule has 30 heavy (non-hydrogen) atoms. The highest BCUT2D eigenvalue weighted by atomic mass is 127. The Morgan fingerprint density at radius 2 is 2.17 bits per heavy atom. The quantitative estimate of drug-likeness (QED) is 0.258. The van der Waals surface area contributed by atoms with E-state index in [1.54, 1.807) is 0 Å². The van der Waals surface area contributed by atoms with Gasteiger partial charge in [-0.3, -0.25) is 4.68 Å². The van der Waals surface area contributed by atoms with Gasteiger partial charge in [-0.1, -0.05) is 32.0 Å². The highest BCUT2D eigenvalue weighted by molar-refractivity contribution is 14.0. The van der Waals surface area contributed by atoms with E-state index in [-0.39, 0.29) is 30.1 Å². The Morgan fingerprint density at radius 3 is 2.87 bits per heavy atom. The van der Waals surface area contributed by atoms with E-state index in [9.17, 15) is 0 Å². The van der Waals surface area contributed by atoms with Crippen molar-refractivity contribution in [3.8, 4) is 5.75 Å². The molecule has 0 bridgehead atoms. The lowest BCUT2D eigenvalue weighted by Crippen LogP contribution is -2.48. The SMILES string of the molecule is CCNC(=NCCOc1ccccc1C(C)C)N1CCOC(c2cnn(C)c2)C1.I. The molecule has 0 aliphatic carbocycles. The van der Waals surface area contributed by atoms with Crippen LogP contribution in [0.2, 0.25) is 0 Å². The number of nitrogens with one attached hydrogen (secondary N) is 1. The van der Waals surface area contributed by atoms with Gasteiger partial charge >= 0.3 is 0 Å². The molecule has 1 aromatic heterocycles. The van der Waals surface area contributed by atoms with Crippen LogP contribution in [0.15, 0.2) is 41.7 Å². The van der Waals surface area contributed by atoms with Gasteiger partial charge in [-0.05, 0) is 24.5 Å². The summed E-state index contributed by atoms with van der Waals surface area (Å²) < 4.78 is 13.8. The number of aryl methyl sites for hydroxylation is 1. The second-order valence-electron chi connectivity index (χ2n) is 7.53.